The number of likely N-dealkylation sites (N-methyl/N-ethyl adjacent to an activating group) is 1. The van der Waals surface area contributed by atoms with Crippen LogP contribution in [0.2, 0.25) is 0 Å². The molecule has 0 saturated carbocycles. The van der Waals surface area contributed by atoms with Crippen molar-refractivity contribution in [1.29, 1.82) is 5.26 Å². The van der Waals surface area contributed by atoms with Gasteiger partial charge in [0.25, 0.3) is 11.5 Å². The number of hydrogen-bond donors (Lipinski definition) is 2. The number of carbonyl (C=O) groups is 2. The molecule has 0 atom stereocenters. The van der Waals surface area contributed by atoms with E-state index in [1.54, 1.807) is 42.4 Å². The van der Waals surface area contributed by atoms with E-state index in [1.807, 2.05) is 18.2 Å². The van der Waals surface area contributed by atoms with Crippen molar-refractivity contribution in [2.45, 2.75) is 32.6 Å². The molecule has 2 N–H and O–H groups in total. The molecule has 9 nitrogen and oxygen atoms in total. The van der Waals surface area contributed by atoms with Gasteiger partial charge in [0.1, 0.15) is 21.8 Å². The third-order valence-electron chi connectivity index (χ3n) is 6.84. The fourth-order valence-corrected chi connectivity index (χ4v) is 5.50. The molecule has 0 bridgehead atoms. The molecular weight excluding hydrogens is 593 g/mol. The number of nitrogens with zero attached hydrogens (tertiary/aromatic N) is 4. The molecule has 13 heteroatoms. The number of amides is 2. The Balaban J connectivity index is 1.50. The highest BCUT2D eigenvalue weighted by atomic mass is 32.1. The second-order valence-electron chi connectivity index (χ2n) is 9.86. The lowest BCUT2D eigenvalue weighted by molar-refractivity contribution is -0.136. The van der Waals surface area contributed by atoms with Crippen LogP contribution < -0.4 is 30.3 Å². The molecule has 2 aromatic carbocycles. The average molecular weight is 623 g/mol. The number of alkyl halides is 3. The first-order valence-electron chi connectivity index (χ1n) is 13.6. The summed E-state index contributed by atoms with van der Waals surface area (Å²) < 4.78 is 38.8. The summed E-state index contributed by atoms with van der Waals surface area (Å²) in [4.78, 5) is 41.6. The number of carbonyl (C=O) groups excluding carboxylic acids is 2. The van der Waals surface area contributed by atoms with Gasteiger partial charge in [0.2, 0.25) is 5.91 Å². The van der Waals surface area contributed by atoms with Gasteiger partial charge in [0.15, 0.2) is 5.57 Å². The van der Waals surface area contributed by atoms with Crippen molar-refractivity contribution in [3.05, 3.63) is 91.0 Å². The summed E-state index contributed by atoms with van der Waals surface area (Å²) in [5.74, 6) is -1.30. The SMILES string of the molecule is CCn1c(=C=C(C#N)C(=O)NCC(F)(F)F)sc(=C=CNc2cccc(N(C)C(=O)CN3CCc4ccccc4C3)c2)c1=O. The van der Waals surface area contributed by atoms with Gasteiger partial charge in [-0.05, 0) is 42.7 Å². The molecule has 4 rings (SSSR count). The number of hydrogen-bond acceptors (Lipinski definition) is 7. The maximum atomic E-state index is 13.1. The molecule has 44 heavy (non-hydrogen) atoms. The van der Waals surface area contributed by atoms with Gasteiger partial charge in [-0.1, -0.05) is 53.1 Å². The summed E-state index contributed by atoms with van der Waals surface area (Å²) in [6.07, 6.45) is -2.33. The van der Waals surface area contributed by atoms with Gasteiger partial charge in [-0.3, -0.25) is 23.9 Å². The zero-order chi connectivity index (χ0) is 31.9. The highest BCUT2D eigenvalue weighted by Crippen LogP contribution is 2.21. The second kappa shape index (κ2) is 14.1. The molecule has 2 heterocycles. The van der Waals surface area contributed by atoms with E-state index in [9.17, 15) is 32.8 Å². The van der Waals surface area contributed by atoms with E-state index in [1.165, 1.54) is 28.0 Å². The quantitative estimate of drug-likeness (QED) is 0.295. The highest BCUT2D eigenvalue weighted by Gasteiger charge is 2.28. The first-order valence-corrected chi connectivity index (χ1v) is 14.4. The van der Waals surface area contributed by atoms with Gasteiger partial charge in [-0.25, -0.2) is 0 Å². The number of fused-ring (bicyclic) bond motifs is 1. The molecule has 1 aliphatic rings. The molecule has 1 aromatic heterocycles. The number of rotatable bonds is 8. The van der Waals surface area contributed by atoms with Crippen molar-refractivity contribution >= 4 is 46.0 Å². The van der Waals surface area contributed by atoms with Gasteiger partial charge >= 0.3 is 6.18 Å². The van der Waals surface area contributed by atoms with Gasteiger partial charge in [0, 0.05) is 44.3 Å². The molecule has 0 fully saturated rings. The van der Waals surface area contributed by atoms with Crippen LogP contribution in [0.15, 0.2) is 65.1 Å². The van der Waals surface area contributed by atoms with E-state index in [0.717, 1.165) is 30.8 Å². The zero-order valence-corrected chi connectivity index (χ0v) is 24.8. The Bertz CT molecular complexity index is 1860. The summed E-state index contributed by atoms with van der Waals surface area (Å²) in [6, 6.07) is 16.9. The summed E-state index contributed by atoms with van der Waals surface area (Å²) >= 11 is 0.880. The minimum Gasteiger partial charge on any atom is -0.355 e. The summed E-state index contributed by atoms with van der Waals surface area (Å²) in [6.45, 7) is 2.04. The fraction of sp³-hybridized carbons (Fsp3) is 0.290. The van der Waals surface area contributed by atoms with Crippen molar-refractivity contribution in [2.24, 2.45) is 0 Å². The number of nitrogens with one attached hydrogen (secondary N) is 2. The maximum absolute atomic E-state index is 13.1. The number of aromatic nitrogens is 1. The summed E-state index contributed by atoms with van der Waals surface area (Å²) in [5, 5.41) is 13.9. The molecule has 1 aliphatic heterocycles. The smallest absolute Gasteiger partial charge is 0.355 e. The third-order valence-corrected chi connectivity index (χ3v) is 7.85. The van der Waals surface area contributed by atoms with Crippen LogP contribution in [0.5, 0.6) is 0 Å². The monoisotopic (exact) mass is 622 g/mol. The van der Waals surface area contributed by atoms with E-state index in [-0.39, 0.29) is 28.2 Å². The van der Waals surface area contributed by atoms with Gasteiger partial charge in [-0.15, -0.1) is 0 Å². The van der Waals surface area contributed by atoms with Crippen LogP contribution in [0.1, 0.15) is 18.1 Å². The Morgan fingerprint density at radius 3 is 2.61 bits per heavy atom. The van der Waals surface area contributed by atoms with Crippen LogP contribution in [0.25, 0.3) is 11.5 Å². The number of thiazole rings is 1. The van der Waals surface area contributed by atoms with Crippen LogP contribution in [0, 0.1) is 11.3 Å². The standard InChI is InChI=1S/C31H29F3N6O3S/c1-3-40-28(15-23(17-35)29(42)37-20-31(32,33)34)44-26(30(40)43)11-13-36-24-9-6-10-25(16-24)38(2)27(41)19-39-14-12-21-7-4-5-8-22(21)18-39/h4-10,13,16,36H,3,12,14,18-20H2,1-2H3,(H,37,42). The highest BCUT2D eigenvalue weighted by molar-refractivity contribution is 7.07. The van der Waals surface area contributed by atoms with Crippen LogP contribution in [0.4, 0.5) is 24.5 Å². The number of benzene rings is 2. The summed E-state index contributed by atoms with van der Waals surface area (Å²) in [7, 11) is 1.71. The Kier molecular flexibility index (Phi) is 10.3. The lowest BCUT2D eigenvalue weighted by atomic mass is 10.00. The Morgan fingerprint density at radius 2 is 1.91 bits per heavy atom. The first kappa shape index (κ1) is 32.1. The molecule has 0 unspecified atom stereocenters. The van der Waals surface area contributed by atoms with Crippen molar-refractivity contribution in [3.63, 3.8) is 0 Å². The normalized spacial score (nSPS) is 12.6. The molecule has 0 radical (unpaired) electrons. The van der Waals surface area contributed by atoms with E-state index in [0.29, 0.717) is 11.4 Å². The fourth-order valence-electron chi connectivity index (χ4n) is 4.51. The molecule has 0 saturated heterocycles. The average Bonchev–Trinajstić information content (AvgIpc) is 3.31. The Morgan fingerprint density at radius 1 is 1.16 bits per heavy atom. The van der Waals surface area contributed by atoms with Gasteiger partial charge in [0.05, 0.1) is 6.54 Å². The zero-order valence-electron chi connectivity index (χ0n) is 24.0. The van der Waals surface area contributed by atoms with Crippen LogP contribution in [0.3, 0.4) is 0 Å². The maximum Gasteiger partial charge on any atom is 0.405 e. The molecule has 0 aliphatic carbocycles. The summed E-state index contributed by atoms with van der Waals surface area (Å²) in [5.41, 5.74) is 7.99. The second-order valence-corrected chi connectivity index (χ2v) is 10.9. The molecule has 228 valence electrons. The number of anilines is 2. The molecular formula is C31H29F3N6O3S. The molecule has 0 spiro atoms. The van der Waals surface area contributed by atoms with E-state index in [4.69, 9.17) is 0 Å². The molecule has 2 amide bonds. The topological polar surface area (TPSA) is 110 Å². The van der Waals surface area contributed by atoms with Gasteiger partial charge in [-0.2, -0.15) is 18.4 Å². The van der Waals surface area contributed by atoms with Crippen molar-refractivity contribution in [1.82, 2.24) is 14.8 Å². The third kappa shape index (κ3) is 8.16. The van der Waals surface area contributed by atoms with Crippen molar-refractivity contribution in [2.75, 3.05) is 36.9 Å². The lowest BCUT2D eigenvalue weighted by Crippen LogP contribution is -2.40. The van der Waals surface area contributed by atoms with Crippen LogP contribution in [-0.4, -0.2) is 54.1 Å². The van der Waals surface area contributed by atoms with Gasteiger partial charge < -0.3 is 15.5 Å². The van der Waals surface area contributed by atoms with E-state index >= 15 is 0 Å². The minimum atomic E-state index is -4.64. The Labute approximate surface area is 255 Å². The Hall–Kier alpha value is -4.85. The van der Waals surface area contributed by atoms with E-state index < -0.39 is 29.8 Å². The predicted octanol–water partition coefficient (Wildman–Crippen LogP) is 2.46. The largest absolute Gasteiger partial charge is 0.405 e. The molecule has 3 aromatic rings. The van der Waals surface area contributed by atoms with E-state index in [2.05, 4.69) is 33.8 Å². The lowest BCUT2D eigenvalue weighted by Gasteiger charge is -2.29. The first-order chi connectivity index (χ1) is 21.0. The van der Waals surface area contributed by atoms with Crippen LogP contribution in [-0.2, 0) is 29.1 Å². The predicted molar refractivity (Wildman–Crippen MR) is 162 cm³/mol. The number of halogens is 3. The van der Waals surface area contributed by atoms with Crippen molar-refractivity contribution in [3.8, 4) is 6.07 Å². The number of nitriles is 1. The van der Waals surface area contributed by atoms with Crippen molar-refractivity contribution < 1.29 is 22.8 Å². The van der Waals surface area contributed by atoms with Crippen LogP contribution >= 0.6 is 11.3 Å². The minimum absolute atomic E-state index is 0.0528.